The third-order valence-electron chi connectivity index (χ3n) is 1.97. The van der Waals surface area contributed by atoms with E-state index in [1.807, 2.05) is 19.1 Å². The molecular formula is C12H16N2O. The number of primary amides is 1. The van der Waals surface area contributed by atoms with E-state index in [1.165, 1.54) is 0 Å². The third-order valence-corrected chi connectivity index (χ3v) is 1.97. The van der Waals surface area contributed by atoms with Crippen LogP contribution in [0.2, 0.25) is 0 Å². The van der Waals surface area contributed by atoms with Gasteiger partial charge in [-0.3, -0.25) is 4.79 Å². The molecule has 0 fully saturated rings. The summed E-state index contributed by atoms with van der Waals surface area (Å²) in [6.45, 7) is 7.26. The van der Waals surface area contributed by atoms with Crippen molar-refractivity contribution in [3.8, 4) is 0 Å². The molecule has 0 saturated heterocycles. The molecule has 0 heterocycles. The minimum Gasteiger partial charge on any atom is -0.366 e. The van der Waals surface area contributed by atoms with Crippen LogP contribution in [0.4, 0.5) is 0 Å². The van der Waals surface area contributed by atoms with E-state index in [1.54, 1.807) is 12.1 Å². The third kappa shape index (κ3) is 3.95. The van der Waals surface area contributed by atoms with Crippen LogP contribution in [0.1, 0.15) is 22.8 Å². The van der Waals surface area contributed by atoms with Gasteiger partial charge in [-0.05, 0) is 24.6 Å². The van der Waals surface area contributed by atoms with Gasteiger partial charge in [-0.1, -0.05) is 24.3 Å². The number of nitrogens with two attached hydrogens (primary N) is 1. The molecule has 0 aliphatic carbocycles. The predicted octanol–water partition coefficient (Wildman–Crippen LogP) is 1.45. The first-order valence-electron chi connectivity index (χ1n) is 4.83. The molecule has 0 unspecified atom stereocenters. The Kier molecular flexibility index (Phi) is 4.06. The Morgan fingerprint density at radius 3 is 2.87 bits per heavy atom. The highest BCUT2D eigenvalue weighted by Crippen LogP contribution is 2.04. The summed E-state index contributed by atoms with van der Waals surface area (Å²) in [6.07, 6.45) is 0. The fourth-order valence-corrected chi connectivity index (χ4v) is 1.25. The van der Waals surface area contributed by atoms with Crippen molar-refractivity contribution in [2.75, 3.05) is 6.54 Å². The topological polar surface area (TPSA) is 55.1 Å². The zero-order chi connectivity index (χ0) is 11.3. The standard InChI is InChI=1S/C12H16N2O/c1-9(2)7-14-8-10-4-3-5-11(6-10)12(13)15/h3-6,14H,1,7-8H2,2H3,(H2,13,15). The monoisotopic (exact) mass is 204 g/mol. The van der Waals surface area contributed by atoms with Crippen molar-refractivity contribution in [2.24, 2.45) is 5.73 Å². The summed E-state index contributed by atoms with van der Waals surface area (Å²) in [7, 11) is 0. The van der Waals surface area contributed by atoms with E-state index in [0.717, 1.165) is 17.7 Å². The van der Waals surface area contributed by atoms with Crippen LogP contribution in [0.5, 0.6) is 0 Å². The van der Waals surface area contributed by atoms with Crippen molar-refractivity contribution < 1.29 is 4.79 Å². The maximum Gasteiger partial charge on any atom is 0.248 e. The van der Waals surface area contributed by atoms with E-state index in [9.17, 15) is 4.79 Å². The molecule has 15 heavy (non-hydrogen) atoms. The molecular weight excluding hydrogens is 188 g/mol. The van der Waals surface area contributed by atoms with Crippen molar-refractivity contribution in [3.05, 3.63) is 47.5 Å². The van der Waals surface area contributed by atoms with Crippen LogP contribution in [0.25, 0.3) is 0 Å². The number of amides is 1. The van der Waals surface area contributed by atoms with Gasteiger partial charge in [0, 0.05) is 18.7 Å². The second-order valence-electron chi connectivity index (χ2n) is 3.63. The van der Waals surface area contributed by atoms with Crippen LogP contribution >= 0.6 is 0 Å². The van der Waals surface area contributed by atoms with Gasteiger partial charge in [0.2, 0.25) is 5.91 Å². The fraction of sp³-hybridized carbons (Fsp3) is 0.250. The number of nitrogens with one attached hydrogen (secondary N) is 1. The largest absolute Gasteiger partial charge is 0.366 e. The molecule has 0 aliphatic heterocycles. The lowest BCUT2D eigenvalue weighted by Gasteiger charge is -2.05. The number of benzene rings is 1. The van der Waals surface area contributed by atoms with Crippen molar-refractivity contribution in [3.63, 3.8) is 0 Å². The molecule has 0 aliphatic rings. The van der Waals surface area contributed by atoms with Crippen LogP contribution in [-0.4, -0.2) is 12.5 Å². The Labute approximate surface area is 90.0 Å². The van der Waals surface area contributed by atoms with Gasteiger partial charge in [0.15, 0.2) is 0 Å². The average Bonchev–Trinajstić information content (AvgIpc) is 2.17. The molecule has 0 bridgehead atoms. The molecule has 1 aromatic rings. The first-order chi connectivity index (χ1) is 7.09. The Balaban J connectivity index is 2.58. The molecule has 1 amide bonds. The Morgan fingerprint density at radius 1 is 1.53 bits per heavy atom. The van der Waals surface area contributed by atoms with Crippen LogP contribution in [0.3, 0.4) is 0 Å². The fourth-order valence-electron chi connectivity index (χ4n) is 1.25. The molecule has 0 atom stereocenters. The molecule has 0 saturated carbocycles. The van der Waals surface area contributed by atoms with Gasteiger partial charge in [-0.25, -0.2) is 0 Å². The maximum absolute atomic E-state index is 10.9. The summed E-state index contributed by atoms with van der Waals surface area (Å²) in [6, 6.07) is 7.30. The number of carbonyl (C=O) groups excluding carboxylic acids is 1. The number of hydrogen-bond acceptors (Lipinski definition) is 2. The van der Waals surface area contributed by atoms with Crippen molar-refractivity contribution >= 4 is 5.91 Å². The lowest BCUT2D eigenvalue weighted by atomic mass is 10.1. The highest BCUT2D eigenvalue weighted by atomic mass is 16.1. The minimum atomic E-state index is -0.392. The van der Waals surface area contributed by atoms with Gasteiger partial charge in [-0.2, -0.15) is 0 Å². The maximum atomic E-state index is 10.9. The second kappa shape index (κ2) is 5.32. The summed E-state index contributed by atoms with van der Waals surface area (Å²) in [5.41, 5.74) is 7.86. The lowest BCUT2D eigenvalue weighted by Crippen LogP contribution is -2.16. The molecule has 0 spiro atoms. The van der Waals surface area contributed by atoms with Crippen molar-refractivity contribution in [1.29, 1.82) is 0 Å². The van der Waals surface area contributed by atoms with E-state index >= 15 is 0 Å². The number of hydrogen-bond donors (Lipinski definition) is 2. The number of rotatable bonds is 5. The Bertz CT molecular complexity index is 372. The average molecular weight is 204 g/mol. The summed E-state index contributed by atoms with van der Waals surface area (Å²) < 4.78 is 0. The summed E-state index contributed by atoms with van der Waals surface area (Å²) in [5.74, 6) is -0.392. The normalized spacial score (nSPS) is 9.93. The zero-order valence-electron chi connectivity index (χ0n) is 8.92. The first-order valence-corrected chi connectivity index (χ1v) is 4.83. The van der Waals surface area contributed by atoms with E-state index in [4.69, 9.17) is 5.73 Å². The zero-order valence-corrected chi connectivity index (χ0v) is 8.92. The molecule has 1 aromatic carbocycles. The SMILES string of the molecule is C=C(C)CNCc1cccc(C(N)=O)c1. The van der Waals surface area contributed by atoms with Crippen LogP contribution in [-0.2, 0) is 6.54 Å². The van der Waals surface area contributed by atoms with Gasteiger partial charge >= 0.3 is 0 Å². The highest BCUT2D eigenvalue weighted by molar-refractivity contribution is 5.92. The van der Waals surface area contributed by atoms with Crippen LogP contribution in [0.15, 0.2) is 36.4 Å². The Hall–Kier alpha value is -1.61. The predicted molar refractivity (Wildman–Crippen MR) is 61.5 cm³/mol. The lowest BCUT2D eigenvalue weighted by molar-refractivity contribution is 0.1000. The van der Waals surface area contributed by atoms with Crippen LogP contribution < -0.4 is 11.1 Å². The molecule has 3 heteroatoms. The van der Waals surface area contributed by atoms with Crippen LogP contribution in [0, 0.1) is 0 Å². The molecule has 0 aromatic heterocycles. The van der Waals surface area contributed by atoms with E-state index < -0.39 is 5.91 Å². The van der Waals surface area contributed by atoms with Crippen molar-refractivity contribution in [1.82, 2.24) is 5.32 Å². The molecule has 1 rings (SSSR count). The Morgan fingerprint density at radius 2 is 2.27 bits per heavy atom. The number of carbonyl (C=O) groups is 1. The van der Waals surface area contributed by atoms with Gasteiger partial charge in [0.05, 0.1) is 0 Å². The smallest absolute Gasteiger partial charge is 0.248 e. The van der Waals surface area contributed by atoms with Gasteiger partial charge < -0.3 is 11.1 Å². The first kappa shape index (κ1) is 11.5. The molecule has 80 valence electrons. The summed E-state index contributed by atoms with van der Waals surface area (Å²) in [5, 5.41) is 3.22. The van der Waals surface area contributed by atoms with E-state index in [0.29, 0.717) is 12.1 Å². The highest BCUT2D eigenvalue weighted by Gasteiger charge is 2.00. The quantitative estimate of drug-likeness (QED) is 0.713. The summed E-state index contributed by atoms with van der Waals surface area (Å²) >= 11 is 0. The minimum absolute atomic E-state index is 0.392. The molecule has 0 radical (unpaired) electrons. The van der Waals surface area contributed by atoms with Gasteiger partial charge in [-0.15, -0.1) is 0 Å². The van der Waals surface area contributed by atoms with Crippen molar-refractivity contribution in [2.45, 2.75) is 13.5 Å². The van der Waals surface area contributed by atoms with E-state index in [2.05, 4.69) is 11.9 Å². The van der Waals surface area contributed by atoms with Gasteiger partial charge in [0.25, 0.3) is 0 Å². The summed E-state index contributed by atoms with van der Waals surface area (Å²) in [4.78, 5) is 10.9. The van der Waals surface area contributed by atoms with Gasteiger partial charge in [0.1, 0.15) is 0 Å². The molecule has 3 N–H and O–H groups in total. The van der Waals surface area contributed by atoms with E-state index in [-0.39, 0.29) is 0 Å². The molecule has 3 nitrogen and oxygen atoms in total. The second-order valence-corrected chi connectivity index (χ2v) is 3.63.